The number of fused-ring (bicyclic) bond motifs is 1. The third-order valence-corrected chi connectivity index (χ3v) is 3.31. The van der Waals surface area contributed by atoms with Crippen molar-refractivity contribution in [1.82, 2.24) is 9.55 Å². The molecular formula is C15H13FN2O. The predicted molar refractivity (Wildman–Crippen MR) is 72.5 cm³/mol. The number of phenols is 1. The third-order valence-electron chi connectivity index (χ3n) is 3.31. The van der Waals surface area contributed by atoms with Crippen LogP contribution in [-0.2, 0) is 7.05 Å². The van der Waals surface area contributed by atoms with E-state index >= 15 is 0 Å². The quantitative estimate of drug-likeness (QED) is 0.724. The van der Waals surface area contributed by atoms with Crippen LogP contribution in [0.5, 0.6) is 5.75 Å². The van der Waals surface area contributed by atoms with E-state index in [1.54, 1.807) is 0 Å². The van der Waals surface area contributed by atoms with Gasteiger partial charge in [-0.25, -0.2) is 9.37 Å². The number of imidazole rings is 1. The predicted octanol–water partition coefficient (Wildman–Crippen LogP) is 3.39. The van der Waals surface area contributed by atoms with Crippen LogP contribution in [0.1, 0.15) is 5.56 Å². The van der Waals surface area contributed by atoms with Crippen molar-refractivity contribution in [2.75, 3.05) is 0 Å². The van der Waals surface area contributed by atoms with E-state index in [1.807, 2.05) is 36.7 Å². The van der Waals surface area contributed by atoms with E-state index in [4.69, 9.17) is 0 Å². The fraction of sp³-hybridized carbons (Fsp3) is 0.133. The fourth-order valence-corrected chi connectivity index (χ4v) is 2.42. The van der Waals surface area contributed by atoms with Gasteiger partial charge in [-0.2, -0.15) is 0 Å². The van der Waals surface area contributed by atoms with Crippen LogP contribution >= 0.6 is 0 Å². The number of aromatic hydroxyl groups is 1. The van der Waals surface area contributed by atoms with Crippen molar-refractivity contribution in [3.63, 3.8) is 0 Å². The van der Waals surface area contributed by atoms with Gasteiger partial charge in [-0.3, -0.25) is 0 Å². The molecule has 2 aromatic carbocycles. The Bertz CT molecular complexity index is 757. The molecule has 19 heavy (non-hydrogen) atoms. The molecule has 1 aromatic heterocycles. The van der Waals surface area contributed by atoms with Crippen molar-refractivity contribution in [3.8, 4) is 17.1 Å². The number of aromatic nitrogens is 2. The number of benzene rings is 2. The molecule has 1 N–H and O–H groups in total. The summed E-state index contributed by atoms with van der Waals surface area (Å²) in [4.78, 5) is 4.43. The number of hydrogen-bond acceptors (Lipinski definition) is 2. The largest absolute Gasteiger partial charge is 0.507 e. The number of hydrogen-bond donors (Lipinski definition) is 1. The molecule has 0 aliphatic carbocycles. The molecule has 0 radical (unpaired) electrons. The molecule has 0 aliphatic heterocycles. The van der Waals surface area contributed by atoms with Crippen LogP contribution in [0.25, 0.3) is 22.4 Å². The molecule has 3 nitrogen and oxygen atoms in total. The van der Waals surface area contributed by atoms with Crippen molar-refractivity contribution in [3.05, 3.63) is 47.8 Å². The van der Waals surface area contributed by atoms with E-state index in [9.17, 15) is 9.50 Å². The summed E-state index contributed by atoms with van der Waals surface area (Å²) >= 11 is 0. The Balaban J connectivity index is 2.38. The molecule has 3 aromatic rings. The average Bonchev–Trinajstić information content (AvgIpc) is 2.68. The van der Waals surface area contributed by atoms with Crippen molar-refractivity contribution in [1.29, 1.82) is 0 Å². The number of aryl methyl sites for hydroxylation is 2. The fourth-order valence-electron chi connectivity index (χ4n) is 2.42. The lowest BCUT2D eigenvalue weighted by Crippen LogP contribution is -1.96. The molecule has 96 valence electrons. The smallest absolute Gasteiger partial charge is 0.147 e. The zero-order chi connectivity index (χ0) is 13.6. The van der Waals surface area contributed by atoms with Crippen LogP contribution in [0.3, 0.4) is 0 Å². The van der Waals surface area contributed by atoms with Gasteiger partial charge in [0.25, 0.3) is 0 Å². The van der Waals surface area contributed by atoms with Crippen LogP contribution in [0.2, 0.25) is 0 Å². The van der Waals surface area contributed by atoms with Crippen LogP contribution in [0.4, 0.5) is 4.39 Å². The minimum Gasteiger partial charge on any atom is -0.507 e. The molecule has 1 heterocycles. The SMILES string of the molecule is Cc1cccc2nc(-c3c(O)cccc3F)n(C)c12. The van der Waals surface area contributed by atoms with Gasteiger partial charge in [0.1, 0.15) is 17.4 Å². The van der Waals surface area contributed by atoms with Crippen LogP contribution in [0, 0.1) is 12.7 Å². The Kier molecular flexibility index (Phi) is 2.52. The highest BCUT2D eigenvalue weighted by atomic mass is 19.1. The van der Waals surface area contributed by atoms with Gasteiger partial charge in [0, 0.05) is 7.05 Å². The summed E-state index contributed by atoms with van der Waals surface area (Å²) < 4.78 is 15.7. The van der Waals surface area contributed by atoms with E-state index in [0.717, 1.165) is 16.6 Å². The average molecular weight is 256 g/mol. The Morgan fingerprint density at radius 1 is 1.16 bits per heavy atom. The lowest BCUT2D eigenvalue weighted by Gasteiger charge is -2.06. The molecule has 0 amide bonds. The molecule has 0 aliphatic rings. The summed E-state index contributed by atoms with van der Waals surface area (Å²) in [6.07, 6.45) is 0. The summed E-state index contributed by atoms with van der Waals surface area (Å²) in [5, 5.41) is 9.87. The van der Waals surface area contributed by atoms with Gasteiger partial charge in [0.05, 0.1) is 16.6 Å². The van der Waals surface area contributed by atoms with E-state index in [0.29, 0.717) is 5.82 Å². The number of phenolic OH excluding ortho intramolecular Hbond substituents is 1. The Morgan fingerprint density at radius 2 is 1.89 bits per heavy atom. The molecule has 0 unspecified atom stereocenters. The highest BCUT2D eigenvalue weighted by Crippen LogP contribution is 2.33. The van der Waals surface area contributed by atoms with Crippen molar-refractivity contribution >= 4 is 11.0 Å². The molecule has 0 saturated carbocycles. The lowest BCUT2D eigenvalue weighted by atomic mass is 10.1. The van der Waals surface area contributed by atoms with Crippen molar-refractivity contribution in [2.24, 2.45) is 7.05 Å². The van der Waals surface area contributed by atoms with Crippen LogP contribution in [0.15, 0.2) is 36.4 Å². The molecule has 0 spiro atoms. The molecule has 4 heteroatoms. The van der Waals surface area contributed by atoms with E-state index in [1.165, 1.54) is 18.2 Å². The van der Waals surface area contributed by atoms with E-state index < -0.39 is 5.82 Å². The third kappa shape index (κ3) is 1.68. The van der Waals surface area contributed by atoms with Gasteiger partial charge >= 0.3 is 0 Å². The summed E-state index contributed by atoms with van der Waals surface area (Å²) in [5.41, 5.74) is 2.94. The summed E-state index contributed by atoms with van der Waals surface area (Å²) in [6.45, 7) is 1.98. The molecule has 0 saturated heterocycles. The first kappa shape index (κ1) is 11.7. The molecule has 0 fully saturated rings. The van der Waals surface area contributed by atoms with Crippen LogP contribution in [-0.4, -0.2) is 14.7 Å². The van der Waals surface area contributed by atoms with Crippen molar-refractivity contribution < 1.29 is 9.50 Å². The zero-order valence-corrected chi connectivity index (χ0v) is 10.7. The van der Waals surface area contributed by atoms with Gasteiger partial charge in [-0.05, 0) is 30.7 Å². The monoisotopic (exact) mass is 256 g/mol. The highest BCUT2D eigenvalue weighted by molar-refractivity contribution is 5.84. The summed E-state index contributed by atoms with van der Waals surface area (Å²) in [6, 6.07) is 10.0. The first-order valence-corrected chi connectivity index (χ1v) is 5.99. The second-order valence-electron chi connectivity index (χ2n) is 4.57. The zero-order valence-electron chi connectivity index (χ0n) is 10.7. The number of rotatable bonds is 1. The van der Waals surface area contributed by atoms with E-state index in [2.05, 4.69) is 4.98 Å². The standard InChI is InChI=1S/C15H13FN2O/c1-9-5-3-7-11-14(9)18(2)15(17-11)13-10(16)6-4-8-12(13)19/h3-8,19H,1-2H3. The Morgan fingerprint density at radius 3 is 2.58 bits per heavy atom. The first-order chi connectivity index (χ1) is 9.09. The minimum absolute atomic E-state index is 0.101. The summed E-state index contributed by atoms with van der Waals surface area (Å²) in [7, 11) is 1.82. The van der Waals surface area contributed by atoms with Crippen molar-refractivity contribution in [2.45, 2.75) is 6.92 Å². The summed E-state index contributed by atoms with van der Waals surface area (Å²) in [5.74, 6) is -0.146. The topological polar surface area (TPSA) is 38.1 Å². The van der Waals surface area contributed by atoms with Crippen LogP contribution < -0.4 is 0 Å². The Hall–Kier alpha value is -2.36. The lowest BCUT2D eigenvalue weighted by molar-refractivity contribution is 0.471. The maximum absolute atomic E-state index is 13.9. The van der Waals surface area contributed by atoms with Gasteiger partial charge in [0.2, 0.25) is 0 Å². The number of halogens is 1. The second kappa shape index (κ2) is 4.09. The molecular weight excluding hydrogens is 243 g/mol. The first-order valence-electron chi connectivity index (χ1n) is 5.99. The second-order valence-corrected chi connectivity index (χ2v) is 4.57. The van der Waals surface area contributed by atoms with E-state index in [-0.39, 0.29) is 11.3 Å². The van der Waals surface area contributed by atoms with Gasteiger partial charge in [0.15, 0.2) is 0 Å². The number of nitrogens with zero attached hydrogens (tertiary/aromatic N) is 2. The maximum Gasteiger partial charge on any atom is 0.147 e. The maximum atomic E-state index is 13.9. The van der Waals surface area contributed by atoms with Gasteiger partial charge in [-0.15, -0.1) is 0 Å². The Labute approximate surface area is 109 Å². The van der Waals surface area contributed by atoms with Gasteiger partial charge < -0.3 is 9.67 Å². The highest BCUT2D eigenvalue weighted by Gasteiger charge is 2.17. The molecule has 3 rings (SSSR count). The molecule has 0 bridgehead atoms. The molecule has 0 atom stereocenters. The normalized spacial score (nSPS) is 11.1. The minimum atomic E-state index is -0.476. The van der Waals surface area contributed by atoms with Gasteiger partial charge in [-0.1, -0.05) is 18.2 Å². The number of para-hydroxylation sites is 1.